The van der Waals surface area contributed by atoms with Crippen LogP contribution in [0, 0.1) is 6.92 Å². The molecule has 1 fully saturated rings. The summed E-state index contributed by atoms with van der Waals surface area (Å²) >= 11 is 5.63. The standard InChI is InChI=1S/C24H29N3O3S/c1-15-12-16(7-9-20(15)27-11-5-6-22(27)28)25-23(31)26-19-14-24(2,3)30-21-10-8-17(29-4)13-18(19)21/h7-10,12-13,19H,5-6,11,14H2,1-4H3,(H2,25,26,31)/t19-/m1/s1. The number of carbonyl (C=O) groups is 1. The van der Waals surface area contributed by atoms with Crippen LogP contribution >= 0.6 is 12.2 Å². The van der Waals surface area contributed by atoms with Gasteiger partial charge in [0.15, 0.2) is 5.11 Å². The molecule has 0 aromatic heterocycles. The molecule has 164 valence electrons. The van der Waals surface area contributed by atoms with Crippen molar-refractivity contribution in [2.75, 3.05) is 23.9 Å². The number of rotatable bonds is 4. The minimum absolute atomic E-state index is 0.00329. The van der Waals surface area contributed by atoms with Crippen LogP contribution in [0.3, 0.4) is 0 Å². The quantitative estimate of drug-likeness (QED) is 0.672. The first-order chi connectivity index (χ1) is 14.8. The fourth-order valence-electron chi connectivity index (χ4n) is 4.35. The lowest BCUT2D eigenvalue weighted by Gasteiger charge is -2.38. The zero-order valence-corrected chi connectivity index (χ0v) is 19.3. The Kier molecular flexibility index (Phi) is 5.79. The summed E-state index contributed by atoms with van der Waals surface area (Å²) in [6, 6.07) is 11.8. The Balaban J connectivity index is 1.49. The van der Waals surface area contributed by atoms with Crippen LogP contribution in [0.4, 0.5) is 11.4 Å². The van der Waals surface area contributed by atoms with Gasteiger partial charge in [-0.15, -0.1) is 0 Å². The highest BCUT2D eigenvalue weighted by Gasteiger charge is 2.34. The van der Waals surface area contributed by atoms with E-state index in [9.17, 15) is 4.79 Å². The Hall–Kier alpha value is -2.80. The van der Waals surface area contributed by atoms with Crippen LogP contribution in [0.25, 0.3) is 0 Å². The Labute approximate surface area is 188 Å². The van der Waals surface area contributed by atoms with Crippen LogP contribution < -0.4 is 25.0 Å². The van der Waals surface area contributed by atoms with Gasteiger partial charge in [0.25, 0.3) is 0 Å². The van der Waals surface area contributed by atoms with Gasteiger partial charge in [0, 0.05) is 36.3 Å². The van der Waals surface area contributed by atoms with Gasteiger partial charge in [-0.3, -0.25) is 4.79 Å². The Morgan fingerprint density at radius 2 is 2.06 bits per heavy atom. The lowest BCUT2D eigenvalue weighted by Crippen LogP contribution is -2.42. The maximum absolute atomic E-state index is 12.1. The predicted octanol–water partition coefficient (Wildman–Crippen LogP) is 4.72. The van der Waals surface area contributed by atoms with Gasteiger partial charge in [-0.05, 0) is 81.4 Å². The molecule has 0 saturated carbocycles. The molecule has 4 rings (SSSR count). The van der Waals surface area contributed by atoms with Crippen molar-refractivity contribution in [1.82, 2.24) is 5.32 Å². The summed E-state index contributed by atoms with van der Waals surface area (Å²) < 4.78 is 11.5. The van der Waals surface area contributed by atoms with E-state index in [1.807, 2.05) is 48.2 Å². The normalized spacial score (nSPS) is 19.4. The van der Waals surface area contributed by atoms with Gasteiger partial charge in [0.2, 0.25) is 5.91 Å². The summed E-state index contributed by atoms with van der Waals surface area (Å²) in [5.74, 6) is 1.82. The second-order valence-electron chi connectivity index (χ2n) is 8.77. The van der Waals surface area contributed by atoms with E-state index < -0.39 is 0 Å². The van der Waals surface area contributed by atoms with Crippen molar-refractivity contribution in [3.63, 3.8) is 0 Å². The molecule has 0 unspecified atom stereocenters. The van der Waals surface area contributed by atoms with Gasteiger partial charge in [-0.1, -0.05) is 0 Å². The summed E-state index contributed by atoms with van der Waals surface area (Å²) in [4.78, 5) is 13.9. The summed E-state index contributed by atoms with van der Waals surface area (Å²) in [6.07, 6.45) is 2.31. The molecule has 0 spiro atoms. The van der Waals surface area contributed by atoms with Crippen LogP contribution in [0.15, 0.2) is 36.4 Å². The second kappa shape index (κ2) is 8.38. The third-order valence-electron chi connectivity index (χ3n) is 5.80. The van der Waals surface area contributed by atoms with Gasteiger partial charge in [-0.25, -0.2) is 0 Å². The summed E-state index contributed by atoms with van der Waals surface area (Å²) in [6.45, 7) is 6.96. The molecule has 6 nitrogen and oxygen atoms in total. The van der Waals surface area contributed by atoms with E-state index in [4.69, 9.17) is 21.7 Å². The van der Waals surface area contributed by atoms with E-state index in [2.05, 4.69) is 24.5 Å². The molecule has 2 heterocycles. The number of ether oxygens (including phenoxy) is 2. The molecule has 2 aromatic rings. The summed E-state index contributed by atoms with van der Waals surface area (Å²) in [5, 5.41) is 7.28. The average molecular weight is 440 g/mol. The minimum Gasteiger partial charge on any atom is -0.497 e. The molecular formula is C24H29N3O3S. The molecule has 1 saturated heterocycles. The van der Waals surface area contributed by atoms with Crippen molar-refractivity contribution in [2.45, 2.75) is 51.7 Å². The van der Waals surface area contributed by atoms with Crippen LogP contribution in [0.2, 0.25) is 0 Å². The Morgan fingerprint density at radius 1 is 1.26 bits per heavy atom. The first kappa shape index (κ1) is 21.4. The lowest BCUT2D eigenvalue weighted by atomic mass is 9.89. The van der Waals surface area contributed by atoms with Crippen LogP contribution in [0.5, 0.6) is 11.5 Å². The molecule has 31 heavy (non-hydrogen) atoms. The highest BCUT2D eigenvalue weighted by atomic mass is 32.1. The molecule has 1 atom stereocenters. The smallest absolute Gasteiger partial charge is 0.227 e. The number of hydrogen-bond acceptors (Lipinski definition) is 4. The molecule has 2 N–H and O–H groups in total. The van der Waals surface area contributed by atoms with E-state index >= 15 is 0 Å². The average Bonchev–Trinajstić information content (AvgIpc) is 3.12. The van der Waals surface area contributed by atoms with E-state index in [-0.39, 0.29) is 17.6 Å². The fraction of sp³-hybridized carbons (Fsp3) is 0.417. The van der Waals surface area contributed by atoms with Crippen molar-refractivity contribution in [2.24, 2.45) is 0 Å². The third kappa shape index (κ3) is 4.61. The van der Waals surface area contributed by atoms with E-state index in [0.29, 0.717) is 11.5 Å². The first-order valence-corrected chi connectivity index (χ1v) is 11.0. The van der Waals surface area contributed by atoms with E-state index in [0.717, 1.165) is 53.4 Å². The number of anilines is 2. The number of hydrogen-bond donors (Lipinski definition) is 2. The topological polar surface area (TPSA) is 62.8 Å². The van der Waals surface area contributed by atoms with Gasteiger partial charge in [-0.2, -0.15) is 0 Å². The predicted molar refractivity (Wildman–Crippen MR) is 127 cm³/mol. The molecule has 1 amide bonds. The van der Waals surface area contributed by atoms with E-state index in [1.54, 1.807) is 7.11 Å². The number of thiocarbonyl (C=S) groups is 1. The molecule has 2 aliphatic rings. The van der Waals surface area contributed by atoms with Crippen molar-refractivity contribution >= 4 is 34.6 Å². The molecule has 2 aliphatic heterocycles. The second-order valence-corrected chi connectivity index (χ2v) is 9.18. The Bertz CT molecular complexity index is 1020. The van der Waals surface area contributed by atoms with Crippen molar-refractivity contribution in [1.29, 1.82) is 0 Å². The maximum atomic E-state index is 12.1. The van der Waals surface area contributed by atoms with Crippen LogP contribution in [-0.2, 0) is 4.79 Å². The molecule has 2 aromatic carbocycles. The van der Waals surface area contributed by atoms with Crippen LogP contribution in [0.1, 0.15) is 50.3 Å². The monoisotopic (exact) mass is 439 g/mol. The highest BCUT2D eigenvalue weighted by Crippen LogP contribution is 2.41. The summed E-state index contributed by atoms with van der Waals surface area (Å²) in [7, 11) is 1.66. The molecule has 0 radical (unpaired) electrons. The van der Waals surface area contributed by atoms with Gasteiger partial charge in [0.05, 0.1) is 13.2 Å². The zero-order chi connectivity index (χ0) is 22.2. The lowest BCUT2D eigenvalue weighted by molar-refractivity contribution is -0.117. The van der Waals surface area contributed by atoms with Gasteiger partial charge >= 0.3 is 0 Å². The van der Waals surface area contributed by atoms with Gasteiger partial charge < -0.3 is 25.0 Å². The SMILES string of the molecule is COc1ccc2c(c1)[C@H](NC(=S)Nc1ccc(N3CCCC3=O)c(C)c1)CC(C)(C)O2. The molecule has 7 heteroatoms. The number of fused-ring (bicyclic) bond motifs is 1. The van der Waals surface area contributed by atoms with Gasteiger partial charge in [0.1, 0.15) is 17.1 Å². The van der Waals surface area contributed by atoms with Crippen LogP contribution in [-0.4, -0.2) is 30.3 Å². The van der Waals surface area contributed by atoms with Crippen molar-refractivity contribution in [3.8, 4) is 11.5 Å². The number of methoxy groups -OCH3 is 1. The summed E-state index contributed by atoms with van der Waals surface area (Å²) in [5.41, 5.74) is 3.63. The maximum Gasteiger partial charge on any atom is 0.227 e. The molecule has 0 aliphatic carbocycles. The molecule has 0 bridgehead atoms. The number of nitrogens with one attached hydrogen (secondary N) is 2. The largest absolute Gasteiger partial charge is 0.497 e. The highest BCUT2D eigenvalue weighted by molar-refractivity contribution is 7.80. The number of benzene rings is 2. The number of nitrogens with zero attached hydrogens (tertiary/aromatic N) is 1. The first-order valence-electron chi connectivity index (χ1n) is 10.6. The van der Waals surface area contributed by atoms with Crippen molar-refractivity contribution < 1.29 is 14.3 Å². The minimum atomic E-state index is -0.310. The Morgan fingerprint density at radius 3 is 2.74 bits per heavy atom. The van der Waals surface area contributed by atoms with E-state index in [1.165, 1.54) is 0 Å². The zero-order valence-electron chi connectivity index (χ0n) is 18.5. The number of carbonyl (C=O) groups excluding carboxylic acids is 1. The fourth-order valence-corrected chi connectivity index (χ4v) is 4.61. The van der Waals surface area contributed by atoms with Crippen molar-refractivity contribution in [3.05, 3.63) is 47.5 Å². The molecular weight excluding hydrogens is 410 g/mol. The number of aryl methyl sites for hydroxylation is 1. The number of amides is 1. The third-order valence-corrected chi connectivity index (χ3v) is 6.02.